The fraction of sp³-hybridized carbons (Fsp3) is 0.0192. The van der Waals surface area contributed by atoms with Gasteiger partial charge in [0.25, 0.3) is 0 Å². The van der Waals surface area contributed by atoms with Crippen molar-refractivity contribution in [2.45, 2.75) is 5.41 Å². The molecule has 10 aromatic rings. The third kappa shape index (κ3) is 4.48. The van der Waals surface area contributed by atoms with Gasteiger partial charge < -0.3 is 0 Å². The number of thiophene rings is 1. The Labute approximate surface area is 328 Å². The lowest BCUT2D eigenvalue weighted by atomic mass is 9.74. The molecule has 2 aliphatic carbocycles. The number of fused-ring (bicyclic) bond motifs is 13. The Balaban J connectivity index is 0.975. The molecule has 1 unspecified atom stereocenters. The molecule has 0 saturated carbocycles. The summed E-state index contributed by atoms with van der Waals surface area (Å²) in [5.41, 5.74) is 14.3. The Morgan fingerprint density at radius 1 is 0.357 bits per heavy atom. The minimum atomic E-state index is -0.345. The van der Waals surface area contributed by atoms with Crippen LogP contribution in [0.25, 0.3) is 88.4 Å². The smallest absolute Gasteiger partial charge is 0.164 e. The van der Waals surface area contributed by atoms with Gasteiger partial charge in [0.1, 0.15) is 0 Å². The van der Waals surface area contributed by atoms with Crippen LogP contribution in [0.4, 0.5) is 0 Å². The summed E-state index contributed by atoms with van der Waals surface area (Å²) in [5.74, 6) is 1.96. The highest BCUT2D eigenvalue weighted by Crippen LogP contribution is 2.66. The lowest BCUT2D eigenvalue weighted by molar-refractivity contribution is 0.812. The standard InChI is InChI=1S/C52H31N3S/c1-2-13-34(14-3-1)49-53-50(55-51(54-49)38-27-24-32-12-4-5-15-36(32)30-38)35-25-22-33(23-26-35)37-28-29-45-42(31-37)39-16-6-9-19-43(39)52(45)44-20-10-7-17-40(44)47-41-18-8-11-21-46(41)56-48(47)52/h1-31H. The molecule has 4 heteroatoms. The second kappa shape index (κ2) is 12.0. The van der Waals surface area contributed by atoms with Crippen LogP contribution in [0.15, 0.2) is 188 Å². The Kier molecular flexibility index (Phi) is 6.72. The van der Waals surface area contributed by atoms with Gasteiger partial charge in [-0.1, -0.05) is 170 Å². The molecule has 1 spiro atoms. The van der Waals surface area contributed by atoms with Crippen LogP contribution < -0.4 is 0 Å². The van der Waals surface area contributed by atoms with Gasteiger partial charge in [0.05, 0.1) is 5.41 Å². The van der Waals surface area contributed by atoms with Crippen molar-refractivity contribution in [1.82, 2.24) is 15.0 Å². The third-order valence-electron chi connectivity index (χ3n) is 11.7. The zero-order chi connectivity index (χ0) is 36.8. The SMILES string of the molecule is c1ccc(-c2nc(-c3ccc(-c4ccc5c(c4)-c4ccccc4C54c5ccccc5-c5c4sc4ccccc54)cc3)nc(-c3ccc4ccccc4c3)n2)cc1. The van der Waals surface area contributed by atoms with Crippen LogP contribution in [0, 0.1) is 0 Å². The van der Waals surface area contributed by atoms with E-state index in [0.717, 1.165) is 27.6 Å². The van der Waals surface area contributed by atoms with Gasteiger partial charge in [-0.3, -0.25) is 0 Å². The summed E-state index contributed by atoms with van der Waals surface area (Å²) in [7, 11) is 0. The highest BCUT2D eigenvalue weighted by atomic mass is 32.1. The van der Waals surface area contributed by atoms with Crippen molar-refractivity contribution in [3.8, 4) is 67.5 Å². The maximum atomic E-state index is 5.05. The molecule has 0 fully saturated rings. The van der Waals surface area contributed by atoms with Crippen molar-refractivity contribution < 1.29 is 0 Å². The zero-order valence-corrected chi connectivity index (χ0v) is 31.0. The monoisotopic (exact) mass is 729 g/mol. The highest BCUT2D eigenvalue weighted by Gasteiger charge is 2.53. The van der Waals surface area contributed by atoms with Crippen molar-refractivity contribution in [2.24, 2.45) is 0 Å². The number of rotatable bonds is 4. The summed E-state index contributed by atoms with van der Waals surface area (Å²) in [5, 5.41) is 3.69. The number of hydrogen-bond donors (Lipinski definition) is 0. The number of hydrogen-bond acceptors (Lipinski definition) is 4. The second-order valence-corrected chi connectivity index (χ2v) is 15.8. The summed E-state index contributed by atoms with van der Waals surface area (Å²) in [6.07, 6.45) is 0. The van der Waals surface area contributed by atoms with Crippen LogP contribution in [0.5, 0.6) is 0 Å². The zero-order valence-electron chi connectivity index (χ0n) is 30.1. The van der Waals surface area contributed by atoms with Crippen molar-refractivity contribution in [1.29, 1.82) is 0 Å². The van der Waals surface area contributed by atoms with Crippen molar-refractivity contribution in [2.75, 3.05) is 0 Å². The van der Waals surface area contributed by atoms with E-state index in [9.17, 15) is 0 Å². The molecule has 3 nitrogen and oxygen atoms in total. The van der Waals surface area contributed by atoms with Crippen LogP contribution in [-0.4, -0.2) is 15.0 Å². The number of nitrogens with zero attached hydrogens (tertiary/aromatic N) is 3. The average molecular weight is 730 g/mol. The molecule has 2 aliphatic rings. The van der Waals surface area contributed by atoms with E-state index in [0.29, 0.717) is 17.5 Å². The van der Waals surface area contributed by atoms with E-state index in [1.165, 1.54) is 64.9 Å². The average Bonchev–Trinajstić information content (AvgIpc) is 3.90. The molecular formula is C52H31N3S. The lowest BCUT2D eigenvalue weighted by Gasteiger charge is -2.29. The first-order valence-corrected chi connectivity index (χ1v) is 19.8. The Morgan fingerprint density at radius 2 is 0.911 bits per heavy atom. The van der Waals surface area contributed by atoms with Gasteiger partial charge >= 0.3 is 0 Å². The molecule has 260 valence electrons. The third-order valence-corrected chi connectivity index (χ3v) is 13.0. The van der Waals surface area contributed by atoms with E-state index in [4.69, 9.17) is 15.0 Å². The Bertz CT molecular complexity index is 3200. The van der Waals surface area contributed by atoms with Gasteiger partial charge in [0.2, 0.25) is 0 Å². The van der Waals surface area contributed by atoms with Crippen LogP contribution in [0.2, 0.25) is 0 Å². The largest absolute Gasteiger partial charge is 0.208 e. The van der Waals surface area contributed by atoms with Crippen molar-refractivity contribution >= 4 is 32.2 Å². The fourth-order valence-electron chi connectivity index (χ4n) is 9.22. The van der Waals surface area contributed by atoms with Crippen molar-refractivity contribution in [3.63, 3.8) is 0 Å². The summed E-state index contributed by atoms with van der Waals surface area (Å²) in [4.78, 5) is 16.5. The quantitative estimate of drug-likeness (QED) is 0.181. The van der Waals surface area contributed by atoms with Gasteiger partial charge in [0, 0.05) is 37.2 Å². The van der Waals surface area contributed by atoms with E-state index in [-0.39, 0.29) is 5.41 Å². The minimum absolute atomic E-state index is 0.345. The van der Waals surface area contributed by atoms with Crippen molar-refractivity contribution in [3.05, 3.63) is 210 Å². The first kappa shape index (κ1) is 31.4. The topological polar surface area (TPSA) is 38.7 Å². The van der Waals surface area contributed by atoms with Gasteiger partial charge in [-0.2, -0.15) is 0 Å². The molecule has 0 saturated heterocycles. The Hall–Kier alpha value is -7.01. The highest BCUT2D eigenvalue weighted by molar-refractivity contribution is 7.20. The van der Waals surface area contributed by atoms with Gasteiger partial charge in [-0.05, 0) is 73.5 Å². The first-order valence-electron chi connectivity index (χ1n) is 19.0. The van der Waals surface area contributed by atoms with Gasteiger partial charge in [-0.25, -0.2) is 15.0 Å². The van der Waals surface area contributed by atoms with Gasteiger partial charge in [-0.15, -0.1) is 11.3 Å². The van der Waals surface area contributed by atoms with E-state index in [1.807, 2.05) is 41.7 Å². The molecule has 8 aromatic carbocycles. The predicted molar refractivity (Wildman–Crippen MR) is 231 cm³/mol. The van der Waals surface area contributed by atoms with E-state index in [1.54, 1.807) is 0 Å². The molecule has 2 aromatic heterocycles. The van der Waals surface area contributed by atoms with E-state index < -0.39 is 0 Å². The van der Waals surface area contributed by atoms with E-state index in [2.05, 4.69) is 158 Å². The molecule has 0 aliphatic heterocycles. The summed E-state index contributed by atoms with van der Waals surface area (Å²) in [6.45, 7) is 0. The maximum absolute atomic E-state index is 5.05. The summed E-state index contributed by atoms with van der Waals surface area (Å²) >= 11 is 1.95. The summed E-state index contributed by atoms with van der Waals surface area (Å²) in [6, 6.07) is 67.7. The molecule has 0 N–H and O–H groups in total. The van der Waals surface area contributed by atoms with Crippen LogP contribution >= 0.6 is 11.3 Å². The van der Waals surface area contributed by atoms with E-state index >= 15 is 0 Å². The molecule has 0 bridgehead atoms. The summed E-state index contributed by atoms with van der Waals surface area (Å²) < 4.78 is 1.34. The fourth-order valence-corrected chi connectivity index (χ4v) is 10.7. The minimum Gasteiger partial charge on any atom is -0.208 e. The van der Waals surface area contributed by atoms with Crippen LogP contribution in [-0.2, 0) is 5.41 Å². The Morgan fingerprint density at radius 3 is 1.71 bits per heavy atom. The lowest BCUT2D eigenvalue weighted by Crippen LogP contribution is -2.24. The molecule has 56 heavy (non-hydrogen) atoms. The van der Waals surface area contributed by atoms with Crippen LogP contribution in [0.3, 0.4) is 0 Å². The molecule has 12 rings (SSSR count). The second-order valence-electron chi connectivity index (χ2n) is 14.7. The molecule has 0 amide bonds. The molecule has 2 heterocycles. The number of benzene rings is 8. The molecular weight excluding hydrogens is 699 g/mol. The maximum Gasteiger partial charge on any atom is 0.164 e. The predicted octanol–water partition coefficient (Wildman–Crippen LogP) is 13.3. The normalized spacial score (nSPS) is 14.9. The molecule has 0 radical (unpaired) electrons. The van der Waals surface area contributed by atoms with Crippen LogP contribution in [0.1, 0.15) is 21.6 Å². The molecule has 1 atom stereocenters. The first-order chi connectivity index (χ1) is 27.7. The van der Waals surface area contributed by atoms with Gasteiger partial charge in [0.15, 0.2) is 17.5 Å². The number of aromatic nitrogens is 3.